The molecule has 0 aliphatic carbocycles. The second-order valence-electron chi connectivity index (χ2n) is 5.18. The number of sulfonamides is 1. The normalized spacial score (nSPS) is 19.0. The van der Waals surface area contributed by atoms with Gasteiger partial charge < -0.3 is 5.73 Å². The van der Waals surface area contributed by atoms with Crippen LogP contribution in [-0.2, 0) is 10.0 Å². The number of rotatable bonds is 3. The Kier molecular flexibility index (Phi) is 6.10. The van der Waals surface area contributed by atoms with Crippen LogP contribution in [0.15, 0.2) is 23.1 Å². The van der Waals surface area contributed by atoms with Gasteiger partial charge >= 0.3 is 0 Å². The molecule has 2 rings (SSSR count). The Morgan fingerprint density at radius 3 is 2.33 bits per heavy atom. The van der Waals surface area contributed by atoms with Gasteiger partial charge in [0.1, 0.15) is 16.5 Å². The molecule has 1 fully saturated rings. The maximum absolute atomic E-state index is 13.6. The fourth-order valence-electron chi connectivity index (χ4n) is 2.47. The average Bonchev–Trinajstić information content (AvgIpc) is 2.38. The minimum atomic E-state index is -3.91. The molecule has 1 aromatic rings. The summed E-state index contributed by atoms with van der Waals surface area (Å²) in [6, 6.07) is 2.52. The van der Waals surface area contributed by atoms with Crippen molar-refractivity contribution in [3.8, 4) is 0 Å². The van der Waals surface area contributed by atoms with Gasteiger partial charge in [-0.3, -0.25) is 0 Å². The van der Waals surface area contributed by atoms with Gasteiger partial charge in [0.2, 0.25) is 10.0 Å². The molecule has 1 aliphatic rings. The second kappa shape index (κ2) is 7.00. The van der Waals surface area contributed by atoms with Gasteiger partial charge in [-0.2, -0.15) is 4.31 Å². The first-order chi connectivity index (χ1) is 9.32. The van der Waals surface area contributed by atoms with E-state index in [0.29, 0.717) is 32.0 Å². The maximum Gasteiger partial charge on any atom is 0.245 e. The minimum Gasteiger partial charge on any atom is -0.328 e. The Morgan fingerprint density at radius 2 is 1.86 bits per heavy atom. The number of benzene rings is 1. The highest BCUT2D eigenvalue weighted by Gasteiger charge is 2.32. The molecule has 0 aromatic heterocycles. The van der Waals surface area contributed by atoms with Crippen LogP contribution >= 0.6 is 12.4 Å². The molecule has 120 valence electrons. The Morgan fingerprint density at radius 1 is 1.29 bits per heavy atom. The van der Waals surface area contributed by atoms with Crippen LogP contribution in [0.4, 0.5) is 8.78 Å². The third-order valence-electron chi connectivity index (χ3n) is 3.75. The zero-order valence-corrected chi connectivity index (χ0v) is 13.3. The van der Waals surface area contributed by atoms with Gasteiger partial charge in [-0.1, -0.05) is 0 Å². The molecule has 0 saturated carbocycles. The van der Waals surface area contributed by atoms with E-state index in [1.165, 1.54) is 4.31 Å². The predicted molar refractivity (Wildman–Crippen MR) is 78.7 cm³/mol. The van der Waals surface area contributed by atoms with Gasteiger partial charge in [0, 0.05) is 25.2 Å². The van der Waals surface area contributed by atoms with E-state index >= 15 is 0 Å². The van der Waals surface area contributed by atoms with Crippen molar-refractivity contribution < 1.29 is 17.2 Å². The molecule has 1 aliphatic heterocycles. The Bertz CT molecular complexity index is 588. The fourth-order valence-corrected chi connectivity index (χ4v) is 3.98. The van der Waals surface area contributed by atoms with Gasteiger partial charge in [0.25, 0.3) is 0 Å². The van der Waals surface area contributed by atoms with E-state index in [1.54, 1.807) is 0 Å². The summed E-state index contributed by atoms with van der Waals surface area (Å²) in [5.74, 6) is -1.57. The lowest BCUT2D eigenvalue weighted by atomic mass is 9.92. The molecular weight excluding hydrogens is 322 g/mol. The SMILES string of the molecule is CC(N)C1CCN(S(=O)(=O)c2ccc(F)cc2F)CC1.Cl. The number of hydrogen-bond donors (Lipinski definition) is 1. The van der Waals surface area contributed by atoms with Crippen molar-refractivity contribution in [2.45, 2.75) is 30.7 Å². The lowest BCUT2D eigenvalue weighted by Crippen LogP contribution is -2.42. The summed E-state index contributed by atoms with van der Waals surface area (Å²) >= 11 is 0. The first kappa shape index (κ1) is 18.3. The summed E-state index contributed by atoms with van der Waals surface area (Å²) in [5.41, 5.74) is 5.80. The molecule has 8 heteroatoms. The lowest BCUT2D eigenvalue weighted by molar-refractivity contribution is 0.250. The lowest BCUT2D eigenvalue weighted by Gasteiger charge is -2.32. The van der Waals surface area contributed by atoms with Gasteiger partial charge in [0.05, 0.1) is 0 Å². The second-order valence-corrected chi connectivity index (χ2v) is 7.08. The molecule has 4 nitrogen and oxygen atoms in total. The minimum absolute atomic E-state index is 0. The van der Waals surface area contributed by atoms with Gasteiger partial charge in [0.15, 0.2) is 0 Å². The molecule has 1 saturated heterocycles. The summed E-state index contributed by atoms with van der Waals surface area (Å²) in [7, 11) is -3.91. The number of hydrogen-bond acceptors (Lipinski definition) is 3. The third kappa shape index (κ3) is 3.91. The largest absolute Gasteiger partial charge is 0.328 e. The summed E-state index contributed by atoms with van der Waals surface area (Å²) in [6.45, 7) is 2.52. The molecule has 0 bridgehead atoms. The van der Waals surface area contributed by atoms with Crippen LogP contribution in [0.2, 0.25) is 0 Å². The van der Waals surface area contributed by atoms with Gasteiger partial charge in [-0.15, -0.1) is 12.4 Å². The maximum atomic E-state index is 13.6. The number of nitrogens with zero attached hydrogens (tertiary/aromatic N) is 1. The summed E-state index contributed by atoms with van der Waals surface area (Å²) in [6.07, 6.45) is 1.30. The van der Waals surface area contributed by atoms with Crippen molar-refractivity contribution in [1.29, 1.82) is 0 Å². The monoisotopic (exact) mass is 340 g/mol. The molecule has 0 amide bonds. The van der Waals surface area contributed by atoms with Crippen molar-refractivity contribution in [1.82, 2.24) is 4.31 Å². The average molecular weight is 341 g/mol. The van der Waals surface area contributed by atoms with Crippen LogP contribution in [0.3, 0.4) is 0 Å². The smallest absolute Gasteiger partial charge is 0.245 e. The molecule has 0 radical (unpaired) electrons. The Labute approximate surface area is 129 Å². The van der Waals surface area contributed by atoms with Crippen LogP contribution in [0.1, 0.15) is 19.8 Å². The molecule has 21 heavy (non-hydrogen) atoms. The van der Waals surface area contributed by atoms with E-state index in [-0.39, 0.29) is 24.4 Å². The van der Waals surface area contributed by atoms with Crippen molar-refractivity contribution in [2.75, 3.05) is 13.1 Å². The highest BCUT2D eigenvalue weighted by atomic mass is 35.5. The summed E-state index contributed by atoms with van der Waals surface area (Å²) < 4.78 is 52.4. The van der Waals surface area contributed by atoms with Crippen LogP contribution in [0.25, 0.3) is 0 Å². The van der Waals surface area contributed by atoms with Crippen molar-refractivity contribution in [3.05, 3.63) is 29.8 Å². The van der Waals surface area contributed by atoms with Crippen molar-refractivity contribution >= 4 is 22.4 Å². The van der Waals surface area contributed by atoms with E-state index in [9.17, 15) is 17.2 Å². The summed E-state index contributed by atoms with van der Waals surface area (Å²) in [5, 5.41) is 0. The molecule has 1 aromatic carbocycles. The predicted octanol–water partition coefficient (Wildman–Crippen LogP) is 2.13. The number of nitrogens with two attached hydrogens (primary N) is 1. The van der Waals surface area contributed by atoms with Crippen LogP contribution < -0.4 is 5.73 Å². The Balaban J connectivity index is 0.00000220. The molecule has 1 atom stereocenters. The van der Waals surface area contributed by atoms with Crippen molar-refractivity contribution in [3.63, 3.8) is 0 Å². The van der Waals surface area contributed by atoms with Gasteiger partial charge in [-0.25, -0.2) is 17.2 Å². The van der Waals surface area contributed by atoms with E-state index in [0.717, 1.165) is 12.1 Å². The van der Waals surface area contributed by atoms with E-state index in [4.69, 9.17) is 5.73 Å². The molecule has 1 heterocycles. The highest BCUT2D eigenvalue weighted by Crippen LogP contribution is 2.26. The third-order valence-corrected chi connectivity index (χ3v) is 5.69. The molecular formula is C13H19ClF2N2O2S. The Hall–Kier alpha value is -0.760. The molecule has 1 unspecified atom stereocenters. The zero-order valence-electron chi connectivity index (χ0n) is 11.6. The fraction of sp³-hybridized carbons (Fsp3) is 0.538. The number of halogens is 3. The first-order valence-corrected chi connectivity index (χ1v) is 7.97. The van der Waals surface area contributed by atoms with Crippen LogP contribution in [0, 0.1) is 17.6 Å². The quantitative estimate of drug-likeness (QED) is 0.916. The standard InChI is InChI=1S/C13H18F2N2O2S.ClH/c1-9(16)10-4-6-17(7-5-10)20(18,19)13-3-2-11(14)8-12(13)15;/h2-3,8-10H,4-7,16H2,1H3;1H. The zero-order chi connectivity index (χ0) is 14.9. The summed E-state index contributed by atoms with van der Waals surface area (Å²) in [4.78, 5) is -0.474. The van der Waals surface area contributed by atoms with Crippen LogP contribution in [-0.4, -0.2) is 31.9 Å². The van der Waals surface area contributed by atoms with Crippen LogP contribution in [0.5, 0.6) is 0 Å². The van der Waals surface area contributed by atoms with Gasteiger partial charge in [-0.05, 0) is 37.8 Å². The number of piperidine rings is 1. The van der Waals surface area contributed by atoms with E-state index in [2.05, 4.69) is 0 Å². The van der Waals surface area contributed by atoms with Crippen molar-refractivity contribution in [2.24, 2.45) is 11.7 Å². The van der Waals surface area contributed by atoms with E-state index < -0.39 is 26.6 Å². The molecule has 0 spiro atoms. The highest BCUT2D eigenvalue weighted by molar-refractivity contribution is 7.89. The molecule has 2 N–H and O–H groups in total. The van der Waals surface area contributed by atoms with E-state index in [1.807, 2.05) is 6.92 Å². The topological polar surface area (TPSA) is 63.4 Å². The first-order valence-electron chi connectivity index (χ1n) is 6.53.